The molecule has 0 aliphatic rings. The average Bonchev–Trinajstić information content (AvgIpc) is 2.84. The molecule has 0 atom stereocenters. The largest absolute Gasteiger partial charge is 0.255 e. The number of halogens is 3. The topological polar surface area (TPSA) is 43.1 Å². The zero-order chi connectivity index (χ0) is 14.3. The lowest BCUT2D eigenvalue weighted by Crippen LogP contribution is -1.98. The van der Waals surface area contributed by atoms with Gasteiger partial charge in [-0.05, 0) is 6.07 Å². The summed E-state index contributed by atoms with van der Waals surface area (Å²) in [5.74, 6) is 1.04. The maximum atomic E-state index is 6.40. The van der Waals surface area contributed by atoms with Crippen molar-refractivity contribution in [2.24, 2.45) is 0 Å². The van der Waals surface area contributed by atoms with E-state index in [0.717, 1.165) is 0 Å². The highest BCUT2D eigenvalue weighted by Crippen LogP contribution is 2.37. The number of aromatic nitrogens is 4. The molecule has 3 aromatic rings. The van der Waals surface area contributed by atoms with Crippen molar-refractivity contribution in [2.75, 3.05) is 0 Å². The summed E-state index contributed by atoms with van der Waals surface area (Å²) in [6.45, 7) is 1.96. The number of benzene rings is 1. The summed E-state index contributed by atoms with van der Waals surface area (Å²) in [5, 5.41) is 5.45. The van der Waals surface area contributed by atoms with Crippen LogP contribution in [0.25, 0.3) is 16.9 Å². The molecule has 0 saturated heterocycles. The minimum atomic E-state index is 0.255. The second-order valence-electron chi connectivity index (χ2n) is 4.14. The first-order valence-corrected chi connectivity index (χ1v) is 7.10. The lowest BCUT2D eigenvalue weighted by Gasteiger charge is -2.09. The summed E-state index contributed by atoms with van der Waals surface area (Å²) in [7, 11) is 0. The van der Waals surface area contributed by atoms with Crippen molar-refractivity contribution in [3.05, 3.63) is 45.4 Å². The normalized spacial score (nSPS) is 11.2. The fourth-order valence-electron chi connectivity index (χ4n) is 1.92. The first kappa shape index (κ1) is 13.6. The molecule has 0 saturated carbocycles. The van der Waals surface area contributed by atoms with E-state index < -0.39 is 0 Å². The van der Waals surface area contributed by atoms with Crippen LogP contribution < -0.4 is 0 Å². The Morgan fingerprint density at radius 2 is 1.85 bits per heavy atom. The van der Waals surface area contributed by atoms with E-state index in [-0.39, 0.29) is 5.15 Å². The third-order valence-corrected chi connectivity index (χ3v) is 3.84. The Hall–Kier alpha value is -1.36. The number of nitrogens with zero attached hydrogens (tertiary/aromatic N) is 4. The van der Waals surface area contributed by atoms with Crippen molar-refractivity contribution in [2.45, 2.75) is 13.3 Å². The van der Waals surface area contributed by atoms with Crippen molar-refractivity contribution in [1.82, 2.24) is 19.6 Å². The van der Waals surface area contributed by atoms with Crippen LogP contribution in [-0.4, -0.2) is 19.6 Å². The molecule has 4 nitrogen and oxygen atoms in total. The van der Waals surface area contributed by atoms with Crippen LogP contribution in [0.3, 0.4) is 0 Å². The molecule has 2 aromatic heterocycles. The van der Waals surface area contributed by atoms with Crippen LogP contribution in [-0.2, 0) is 6.42 Å². The molecule has 0 radical (unpaired) electrons. The Bertz CT molecular complexity index is 798. The van der Waals surface area contributed by atoms with Gasteiger partial charge in [0.15, 0.2) is 5.82 Å². The van der Waals surface area contributed by atoms with Crippen LogP contribution in [0.1, 0.15) is 12.7 Å². The molecule has 0 amide bonds. The Morgan fingerprint density at radius 1 is 1.10 bits per heavy atom. The molecule has 0 unspecified atom stereocenters. The number of rotatable bonds is 2. The zero-order valence-corrected chi connectivity index (χ0v) is 12.7. The van der Waals surface area contributed by atoms with Crippen LogP contribution in [0.2, 0.25) is 15.3 Å². The molecule has 0 aliphatic heterocycles. The van der Waals surface area contributed by atoms with Crippen molar-refractivity contribution in [3.63, 3.8) is 0 Å². The molecule has 3 rings (SSSR count). The summed E-state index contributed by atoms with van der Waals surface area (Å²) < 4.78 is 1.48. The maximum absolute atomic E-state index is 6.40. The molecular formula is C13H9Cl3N4. The molecule has 102 valence electrons. The van der Waals surface area contributed by atoms with E-state index in [2.05, 4.69) is 15.1 Å². The highest BCUT2D eigenvalue weighted by molar-refractivity contribution is 6.40. The van der Waals surface area contributed by atoms with E-state index >= 15 is 0 Å². The Morgan fingerprint density at radius 3 is 2.55 bits per heavy atom. The standard InChI is InChI=1S/C13H9Cl3N4/c1-2-9-17-13-18-11(15)10(12(16)20(13)19-9)7-5-3-4-6-8(7)14/h3-6H,2H2,1H3. The molecule has 7 heteroatoms. The van der Waals surface area contributed by atoms with Crippen molar-refractivity contribution < 1.29 is 0 Å². The van der Waals surface area contributed by atoms with E-state index in [1.165, 1.54) is 4.52 Å². The quantitative estimate of drug-likeness (QED) is 0.659. The summed E-state index contributed by atoms with van der Waals surface area (Å²) in [6.07, 6.45) is 0.693. The number of hydrogen-bond acceptors (Lipinski definition) is 3. The second-order valence-corrected chi connectivity index (χ2v) is 5.26. The lowest BCUT2D eigenvalue weighted by atomic mass is 10.1. The first-order chi connectivity index (χ1) is 9.61. The molecule has 2 heterocycles. The van der Waals surface area contributed by atoms with Crippen LogP contribution in [0.15, 0.2) is 24.3 Å². The third kappa shape index (κ3) is 2.14. The zero-order valence-electron chi connectivity index (χ0n) is 10.4. The molecule has 0 bridgehead atoms. The summed E-state index contributed by atoms with van der Waals surface area (Å²) in [4.78, 5) is 8.48. The molecule has 0 spiro atoms. The predicted molar refractivity (Wildman–Crippen MR) is 80.6 cm³/mol. The SMILES string of the molecule is CCc1nc2nc(Cl)c(-c3ccccc3Cl)c(Cl)n2n1. The fraction of sp³-hybridized carbons (Fsp3) is 0.154. The summed E-state index contributed by atoms with van der Waals surface area (Å²) in [5.41, 5.74) is 1.27. The minimum absolute atomic E-state index is 0.255. The minimum Gasteiger partial charge on any atom is -0.198 e. The fourth-order valence-corrected chi connectivity index (χ4v) is 2.77. The molecule has 20 heavy (non-hydrogen) atoms. The van der Waals surface area contributed by atoms with Crippen LogP contribution in [0.5, 0.6) is 0 Å². The van der Waals surface area contributed by atoms with Crippen molar-refractivity contribution in [3.8, 4) is 11.1 Å². The van der Waals surface area contributed by atoms with Gasteiger partial charge in [-0.15, -0.1) is 5.10 Å². The van der Waals surface area contributed by atoms with Gasteiger partial charge in [0.05, 0.1) is 5.56 Å². The van der Waals surface area contributed by atoms with E-state index in [4.69, 9.17) is 34.8 Å². The predicted octanol–water partition coefficient (Wildman–Crippen LogP) is 4.31. The van der Waals surface area contributed by atoms with Gasteiger partial charge in [-0.1, -0.05) is 59.9 Å². The van der Waals surface area contributed by atoms with Crippen LogP contribution in [0.4, 0.5) is 0 Å². The van der Waals surface area contributed by atoms with E-state index in [9.17, 15) is 0 Å². The van der Waals surface area contributed by atoms with Gasteiger partial charge in [0, 0.05) is 17.0 Å². The van der Waals surface area contributed by atoms with Crippen molar-refractivity contribution in [1.29, 1.82) is 0 Å². The molecule has 1 aromatic carbocycles. The van der Waals surface area contributed by atoms with Gasteiger partial charge >= 0.3 is 0 Å². The van der Waals surface area contributed by atoms with Gasteiger partial charge < -0.3 is 0 Å². The Labute approximate surface area is 130 Å². The molecule has 0 aliphatic carbocycles. The summed E-state index contributed by atoms with van der Waals surface area (Å²) in [6, 6.07) is 7.30. The number of aryl methyl sites for hydroxylation is 1. The van der Waals surface area contributed by atoms with Gasteiger partial charge in [0.2, 0.25) is 0 Å². The lowest BCUT2D eigenvalue weighted by molar-refractivity contribution is 0.881. The highest BCUT2D eigenvalue weighted by atomic mass is 35.5. The number of fused-ring (bicyclic) bond motifs is 1. The van der Waals surface area contributed by atoms with Crippen LogP contribution >= 0.6 is 34.8 Å². The van der Waals surface area contributed by atoms with E-state index in [1.807, 2.05) is 25.1 Å². The summed E-state index contributed by atoms with van der Waals surface area (Å²) >= 11 is 18.8. The van der Waals surface area contributed by atoms with Gasteiger partial charge in [0.25, 0.3) is 5.78 Å². The smallest absolute Gasteiger partial charge is 0.198 e. The van der Waals surface area contributed by atoms with Gasteiger partial charge in [-0.3, -0.25) is 0 Å². The molecule has 0 fully saturated rings. The van der Waals surface area contributed by atoms with Crippen LogP contribution in [0, 0.1) is 0 Å². The van der Waals surface area contributed by atoms with Gasteiger partial charge in [-0.25, -0.2) is 0 Å². The molecular weight excluding hydrogens is 319 g/mol. The number of hydrogen-bond donors (Lipinski definition) is 0. The first-order valence-electron chi connectivity index (χ1n) is 5.97. The third-order valence-electron chi connectivity index (χ3n) is 2.89. The second kappa shape index (κ2) is 5.20. The average molecular weight is 328 g/mol. The van der Waals surface area contributed by atoms with Gasteiger partial charge in [-0.2, -0.15) is 14.5 Å². The highest BCUT2D eigenvalue weighted by Gasteiger charge is 2.18. The maximum Gasteiger partial charge on any atom is 0.255 e. The van der Waals surface area contributed by atoms with Gasteiger partial charge in [0.1, 0.15) is 10.3 Å². The van der Waals surface area contributed by atoms with E-state index in [0.29, 0.717) is 39.3 Å². The van der Waals surface area contributed by atoms with Crippen molar-refractivity contribution >= 4 is 40.6 Å². The Balaban J connectivity index is 2.34. The van der Waals surface area contributed by atoms with E-state index in [1.54, 1.807) is 6.07 Å². The molecule has 0 N–H and O–H groups in total. The Kier molecular flexibility index (Phi) is 3.54. The monoisotopic (exact) mass is 326 g/mol.